The molecule has 1 aromatic carbocycles. The van der Waals surface area contributed by atoms with Gasteiger partial charge in [0.05, 0.1) is 10.7 Å². The number of hydrogen-bond donors (Lipinski definition) is 3. The molecule has 0 bridgehead atoms. The summed E-state index contributed by atoms with van der Waals surface area (Å²) < 4.78 is 13.0. The maximum Gasteiger partial charge on any atom is 0.247 e. The first-order chi connectivity index (χ1) is 8.43. The Morgan fingerprint density at radius 2 is 2.17 bits per heavy atom. The van der Waals surface area contributed by atoms with Crippen LogP contribution in [0.25, 0.3) is 0 Å². The Balaban J connectivity index is 2.79. The van der Waals surface area contributed by atoms with Crippen LogP contribution in [-0.4, -0.2) is 23.6 Å². The summed E-state index contributed by atoms with van der Waals surface area (Å²) in [5.41, 5.74) is 0.152. The molecule has 1 unspecified atom stereocenters. The van der Waals surface area contributed by atoms with Crippen LogP contribution in [0.5, 0.6) is 0 Å². The molecular formula is C11H12ClFN2O2S. The Morgan fingerprint density at radius 3 is 2.72 bits per heavy atom. The van der Waals surface area contributed by atoms with Crippen LogP contribution in [0.3, 0.4) is 0 Å². The van der Waals surface area contributed by atoms with Crippen LogP contribution in [0.1, 0.15) is 6.92 Å². The lowest BCUT2D eigenvalue weighted by Crippen LogP contribution is -2.44. The van der Waals surface area contributed by atoms with Crippen molar-refractivity contribution in [3.05, 3.63) is 29.0 Å². The highest BCUT2D eigenvalue weighted by atomic mass is 35.5. The van der Waals surface area contributed by atoms with E-state index in [4.69, 9.17) is 11.6 Å². The summed E-state index contributed by atoms with van der Waals surface area (Å²) in [5.74, 6) is -1.25. The van der Waals surface area contributed by atoms with Gasteiger partial charge in [0, 0.05) is 12.7 Å². The molecule has 0 saturated heterocycles. The van der Waals surface area contributed by atoms with E-state index in [-0.39, 0.29) is 22.4 Å². The number of carbonyl (C=O) groups is 2. The van der Waals surface area contributed by atoms with Crippen LogP contribution in [-0.2, 0) is 9.59 Å². The fourth-order valence-electron chi connectivity index (χ4n) is 1.25. The molecule has 1 atom stereocenters. The fourth-order valence-corrected chi connectivity index (χ4v) is 1.67. The van der Waals surface area contributed by atoms with Crippen molar-refractivity contribution in [2.24, 2.45) is 0 Å². The number of anilines is 1. The van der Waals surface area contributed by atoms with Crippen LogP contribution >= 0.6 is 24.2 Å². The normalized spacial score (nSPS) is 11.8. The lowest BCUT2D eigenvalue weighted by molar-refractivity contribution is -0.124. The zero-order valence-corrected chi connectivity index (χ0v) is 11.2. The molecule has 0 radical (unpaired) electrons. The third-order valence-corrected chi connectivity index (χ3v) is 2.76. The van der Waals surface area contributed by atoms with E-state index < -0.39 is 17.8 Å². The number of rotatable bonds is 4. The molecule has 0 heterocycles. The Bertz CT molecular complexity index is 470. The largest absolute Gasteiger partial charge is 0.344 e. The SMILES string of the molecule is CC(=O)NC(CS)C(=O)Nc1cc(F)ccc1Cl. The van der Waals surface area contributed by atoms with Crippen LogP contribution in [0, 0.1) is 5.82 Å². The highest BCUT2D eigenvalue weighted by Gasteiger charge is 2.18. The lowest BCUT2D eigenvalue weighted by atomic mass is 10.2. The summed E-state index contributed by atoms with van der Waals surface area (Å²) in [6, 6.07) is 2.82. The third kappa shape index (κ3) is 4.19. The summed E-state index contributed by atoms with van der Waals surface area (Å²) in [6.45, 7) is 1.29. The van der Waals surface area contributed by atoms with Crippen molar-refractivity contribution >= 4 is 41.7 Å². The fraction of sp³-hybridized carbons (Fsp3) is 0.273. The number of carbonyl (C=O) groups excluding carboxylic acids is 2. The topological polar surface area (TPSA) is 58.2 Å². The van der Waals surface area contributed by atoms with Gasteiger partial charge in [-0.1, -0.05) is 11.6 Å². The van der Waals surface area contributed by atoms with Crippen molar-refractivity contribution in [2.45, 2.75) is 13.0 Å². The smallest absolute Gasteiger partial charge is 0.247 e. The zero-order valence-electron chi connectivity index (χ0n) is 9.54. The van der Waals surface area contributed by atoms with E-state index in [1.807, 2.05) is 0 Å². The van der Waals surface area contributed by atoms with Gasteiger partial charge in [0.2, 0.25) is 11.8 Å². The van der Waals surface area contributed by atoms with E-state index in [1.54, 1.807) is 0 Å². The van der Waals surface area contributed by atoms with E-state index in [1.165, 1.54) is 19.1 Å². The molecule has 18 heavy (non-hydrogen) atoms. The molecule has 4 nitrogen and oxygen atoms in total. The second-order valence-corrected chi connectivity index (χ2v) is 4.32. The summed E-state index contributed by atoms with van der Waals surface area (Å²) >= 11 is 9.77. The Labute approximate surface area is 114 Å². The monoisotopic (exact) mass is 290 g/mol. The van der Waals surface area contributed by atoms with Gasteiger partial charge in [-0.3, -0.25) is 9.59 Å². The molecular weight excluding hydrogens is 279 g/mol. The molecule has 1 rings (SSSR count). The van der Waals surface area contributed by atoms with Crippen LogP contribution in [0.15, 0.2) is 18.2 Å². The predicted molar refractivity (Wildman–Crippen MR) is 71.5 cm³/mol. The first-order valence-electron chi connectivity index (χ1n) is 5.08. The predicted octanol–water partition coefficient (Wildman–Crippen LogP) is 1.85. The number of amides is 2. The lowest BCUT2D eigenvalue weighted by Gasteiger charge is -2.15. The van der Waals surface area contributed by atoms with Gasteiger partial charge in [-0.15, -0.1) is 0 Å². The quantitative estimate of drug-likeness (QED) is 0.741. The minimum Gasteiger partial charge on any atom is -0.344 e. The summed E-state index contributed by atoms with van der Waals surface area (Å²) in [4.78, 5) is 22.7. The second-order valence-electron chi connectivity index (χ2n) is 3.55. The Hall–Kier alpha value is -1.27. The number of thiol groups is 1. The Kier molecular flexibility index (Phi) is 5.43. The molecule has 0 saturated carbocycles. The minimum absolute atomic E-state index is 0.123. The van der Waals surface area contributed by atoms with Crippen molar-refractivity contribution in [1.82, 2.24) is 5.32 Å². The average Bonchev–Trinajstić information content (AvgIpc) is 2.30. The van der Waals surface area contributed by atoms with Crippen molar-refractivity contribution in [2.75, 3.05) is 11.1 Å². The number of benzene rings is 1. The minimum atomic E-state index is -0.801. The molecule has 7 heteroatoms. The van der Waals surface area contributed by atoms with E-state index in [9.17, 15) is 14.0 Å². The molecule has 1 aromatic rings. The van der Waals surface area contributed by atoms with Gasteiger partial charge >= 0.3 is 0 Å². The van der Waals surface area contributed by atoms with E-state index in [0.717, 1.165) is 6.07 Å². The van der Waals surface area contributed by atoms with Crippen LogP contribution in [0.2, 0.25) is 5.02 Å². The highest BCUT2D eigenvalue weighted by Crippen LogP contribution is 2.22. The number of hydrogen-bond acceptors (Lipinski definition) is 3. The molecule has 2 amide bonds. The van der Waals surface area contributed by atoms with Crippen molar-refractivity contribution in [1.29, 1.82) is 0 Å². The standard InChI is InChI=1S/C11H12ClFN2O2S/c1-6(16)14-10(5-18)11(17)15-9-4-7(13)2-3-8(9)12/h2-4,10,18H,5H2,1H3,(H,14,16)(H,15,17). The maximum absolute atomic E-state index is 13.0. The maximum atomic E-state index is 13.0. The molecule has 0 fully saturated rings. The molecule has 0 aromatic heterocycles. The summed E-state index contributed by atoms with van der Waals surface area (Å²) in [7, 11) is 0. The highest BCUT2D eigenvalue weighted by molar-refractivity contribution is 7.80. The van der Waals surface area contributed by atoms with E-state index in [0.29, 0.717) is 0 Å². The van der Waals surface area contributed by atoms with Gasteiger partial charge in [0.15, 0.2) is 0 Å². The number of nitrogens with one attached hydrogen (secondary N) is 2. The Morgan fingerprint density at radius 1 is 1.50 bits per heavy atom. The van der Waals surface area contributed by atoms with Gasteiger partial charge in [-0.25, -0.2) is 4.39 Å². The van der Waals surface area contributed by atoms with Gasteiger partial charge in [-0.05, 0) is 18.2 Å². The van der Waals surface area contributed by atoms with E-state index >= 15 is 0 Å². The molecule has 0 aliphatic carbocycles. The molecule has 2 N–H and O–H groups in total. The molecule has 0 spiro atoms. The summed E-state index contributed by atoms with van der Waals surface area (Å²) in [5, 5.41) is 5.07. The van der Waals surface area contributed by atoms with Gasteiger partial charge < -0.3 is 10.6 Å². The van der Waals surface area contributed by atoms with E-state index in [2.05, 4.69) is 23.3 Å². The molecule has 0 aliphatic heterocycles. The summed E-state index contributed by atoms with van der Waals surface area (Å²) in [6.07, 6.45) is 0. The first kappa shape index (κ1) is 14.8. The van der Waals surface area contributed by atoms with Gasteiger partial charge in [-0.2, -0.15) is 12.6 Å². The third-order valence-electron chi connectivity index (χ3n) is 2.06. The molecule has 0 aliphatic rings. The van der Waals surface area contributed by atoms with Crippen LogP contribution < -0.4 is 10.6 Å². The molecule has 98 valence electrons. The van der Waals surface area contributed by atoms with Gasteiger partial charge in [0.1, 0.15) is 11.9 Å². The van der Waals surface area contributed by atoms with Gasteiger partial charge in [0.25, 0.3) is 0 Å². The zero-order chi connectivity index (χ0) is 13.7. The van der Waals surface area contributed by atoms with Crippen molar-refractivity contribution in [3.63, 3.8) is 0 Å². The van der Waals surface area contributed by atoms with Crippen LogP contribution in [0.4, 0.5) is 10.1 Å². The van der Waals surface area contributed by atoms with Crippen molar-refractivity contribution < 1.29 is 14.0 Å². The first-order valence-corrected chi connectivity index (χ1v) is 6.09. The average molecular weight is 291 g/mol. The number of halogens is 2. The van der Waals surface area contributed by atoms with Crippen molar-refractivity contribution in [3.8, 4) is 0 Å². The second kappa shape index (κ2) is 6.61.